The van der Waals surface area contributed by atoms with Crippen LogP contribution in [0.1, 0.15) is 31.9 Å². The molecule has 4 nitrogen and oxygen atoms in total. The number of piperazine rings is 1. The molecule has 1 saturated heterocycles. The second-order valence-electron chi connectivity index (χ2n) is 5.56. The zero-order valence-corrected chi connectivity index (χ0v) is 13.4. The second kappa shape index (κ2) is 7.25. The van der Waals surface area contributed by atoms with Crippen molar-refractivity contribution in [2.24, 2.45) is 0 Å². The van der Waals surface area contributed by atoms with Gasteiger partial charge in [-0.3, -0.25) is 14.6 Å². The van der Waals surface area contributed by atoms with Crippen molar-refractivity contribution in [3.63, 3.8) is 0 Å². The first-order valence-corrected chi connectivity index (χ1v) is 7.87. The smallest absolute Gasteiger partial charge is 0.320 e. The fraction of sp³-hybridized carbons (Fsp3) is 0.562. The van der Waals surface area contributed by atoms with E-state index >= 15 is 0 Å². The number of halogens is 1. The van der Waals surface area contributed by atoms with Gasteiger partial charge in [0, 0.05) is 37.2 Å². The van der Waals surface area contributed by atoms with E-state index in [0.29, 0.717) is 12.5 Å². The number of carbonyl (C=O) groups is 1. The van der Waals surface area contributed by atoms with Crippen LogP contribution in [0, 0.1) is 0 Å². The molecular weight excluding hydrogens is 288 g/mol. The Morgan fingerprint density at radius 2 is 1.71 bits per heavy atom. The first kappa shape index (κ1) is 16.3. The van der Waals surface area contributed by atoms with Gasteiger partial charge in [0.1, 0.15) is 6.04 Å². The van der Waals surface area contributed by atoms with Gasteiger partial charge in [-0.05, 0) is 31.0 Å². The number of carboxylic acid groups (broad SMARTS) is 1. The van der Waals surface area contributed by atoms with Crippen LogP contribution in [0.3, 0.4) is 0 Å². The molecule has 0 unspecified atom stereocenters. The summed E-state index contributed by atoms with van der Waals surface area (Å²) >= 11 is 5.93. The molecule has 0 bridgehead atoms. The van der Waals surface area contributed by atoms with Gasteiger partial charge in [-0.15, -0.1) is 0 Å². The highest BCUT2D eigenvalue weighted by Gasteiger charge is 2.29. The van der Waals surface area contributed by atoms with Crippen LogP contribution in [0.5, 0.6) is 0 Å². The Kier molecular flexibility index (Phi) is 5.62. The van der Waals surface area contributed by atoms with Crippen molar-refractivity contribution < 1.29 is 9.90 Å². The summed E-state index contributed by atoms with van der Waals surface area (Å²) in [7, 11) is 0. The van der Waals surface area contributed by atoms with E-state index in [9.17, 15) is 9.90 Å². The molecule has 0 spiro atoms. The van der Waals surface area contributed by atoms with E-state index in [0.717, 1.165) is 31.2 Å². The maximum Gasteiger partial charge on any atom is 0.320 e. The maximum atomic E-state index is 11.2. The third kappa shape index (κ3) is 3.96. The highest BCUT2D eigenvalue weighted by atomic mass is 35.5. The number of hydrogen-bond acceptors (Lipinski definition) is 3. The van der Waals surface area contributed by atoms with Crippen LogP contribution in [-0.2, 0) is 4.79 Å². The molecule has 0 aliphatic carbocycles. The lowest BCUT2D eigenvalue weighted by Crippen LogP contribution is -2.52. The minimum atomic E-state index is -0.711. The average molecular weight is 311 g/mol. The normalized spacial score (nSPS) is 20.1. The maximum absolute atomic E-state index is 11.2. The first-order chi connectivity index (χ1) is 10.0. The molecule has 21 heavy (non-hydrogen) atoms. The summed E-state index contributed by atoms with van der Waals surface area (Å²) in [5, 5.41) is 9.99. The van der Waals surface area contributed by atoms with Crippen molar-refractivity contribution in [2.45, 2.75) is 32.4 Å². The van der Waals surface area contributed by atoms with Gasteiger partial charge in [0.15, 0.2) is 0 Å². The lowest BCUT2D eigenvalue weighted by Gasteiger charge is -2.40. The zero-order valence-electron chi connectivity index (χ0n) is 12.6. The Balaban J connectivity index is 1.94. The van der Waals surface area contributed by atoms with Crippen LogP contribution in [0.25, 0.3) is 0 Å². The van der Waals surface area contributed by atoms with Gasteiger partial charge in [-0.25, -0.2) is 0 Å². The predicted octanol–water partition coefficient (Wildman–Crippen LogP) is 2.88. The lowest BCUT2D eigenvalue weighted by atomic mass is 10.1. The predicted molar refractivity (Wildman–Crippen MR) is 84.7 cm³/mol. The molecule has 1 aliphatic rings. The average Bonchev–Trinajstić information content (AvgIpc) is 2.48. The van der Waals surface area contributed by atoms with E-state index in [1.165, 1.54) is 5.56 Å². The fourth-order valence-electron chi connectivity index (χ4n) is 2.98. The first-order valence-electron chi connectivity index (χ1n) is 7.49. The summed E-state index contributed by atoms with van der Waals surface area (Å²) in [6, 6.07) is 7.94. The van der Waals surface area contributed by atoms with Crippen molar-refractivity contribution >= 4 is 17.6 Å². The Labute approximate surface area is 131 Å². The summed E-state index contributed by atoms with van der Waals surface area (Å²) in [5.74, 6) is -0.711. The van der Waals surface area contributed by atoms with Crippen LogP contribution < -0.4 is 0 Å². The van der Waals surface area contributed by atoms with E-state index < -0.39 is 5.97 Å². The molecule has 0 saturated carbocycles. The molecule has 0 amide bonds. The standard InChI is InChI=1S/C16H23ClN2O2/c1-3-15(16(20)21)19-10-8-18(9-11-19)12(2)13-4-6-14(17)7-5-13/h4-7,12,15H,3,8-11H2,1-2H3,(H,20,21)/t12-,15+/m1/s1. The number of aliphatic carboxylic acids is 1. The van der Waals surface area contributed by atoms with Crippen molar-refractivity contribution in [2.75, 3.05) is 26.2 Å². The van der Waals surface area contributed by atoms with Crippen LogP contribution in [-0.4, -0.2) is 53.1 Å². The third-order valence-corrected chi connectivity index (χ3v) is 4.61. The highest BCUT2D eigenvalue weighted by Crippen LogP contribution is 2.23. The van der Waals surface area contributed by atoms with E-state index in [4.69, 9.17) is 11.6 Å². The number of hydrogen-bond donors (Lipinski definition) is 1. The minimum Gasteiger partial charge on any atom is -0.480 e. The van der Waals surface area contributed by atoms with E-state index in [1.54, 1.807) is 0 Å². The molecule has 1 aliphatic heterocycles. The number of benzene rings is 1. The van der Waals surface area contributed by atoms with Crippen molar-refractivity contribution in [3.05, 3.63) is 34.9 Å². The molecule has 1 heterocycles. The van der Waals surface area contributed by atoms with E-state index in [-0.39, 0.29) is 6.04 Å². The molecule has 1 aromatic rings. The number of rotatable bonds is 5. The van der Waals surface area contributed by atoms with Gasteiger partial charge < -0.3 is 5.11 Å². The Bertz CT molecular complexity index is 470. The van der Waals surface area contributed by atoms with E-state index in [2.05, 4.69) is 28.9 Å². The summed E-state index contributed by atoms with van der Waals surface area (Å²) in [6.07, 6.45) is 0.655. The summed E-state index contributed by atoms with van der Waals surface area (Å²) in [6.45, 7) is 7.53. The molecule has 2 rings (SSSR count). The molecule has 2 atom stereocenters. The molecular formula is C16H23ClN2O2. The molecule has 1 N–H and O–H groups in total. The molecule has 1 fully saturated rings. The SMILES string of the molecule is CC[C@@H](C(=O)O)N1CCN([C@H](C)c2ccc(Cl)cc2)CC1. The Morgan fingerprint density at radius 3 is 2.19 bits per heavy atom. The Morgan fingerprint density at radius 1 is 1.19 bits per heavy atom. The largest absolute Gasteiger partial charge is 0.480 e. The third-order valence-electron chi connectivity index (χ3n) is 4.36. The van der Waals surface area contributed by atoms with Crippen molar-refractivity contribution in [1.82, 2.24) is 9.80 Å². The van der Waals surface area contributed by atoms with Crippen molar-refractivity contribution in [3.8, 4) is 0 Å². The van der Waals surface area contributed by atoms with Crippen LogP contribution in [0.4, 0.5) is 0 Å². The monoisotopic (exact) mass is 310 g/mol. The highest BCUT2D eigenvalue weighted by molar-refractivity contribution is 6.30. The molecule has 0 radical (unpaired) electrons. The second-order valence-corrected chi connectivity index (χ2v) is 6.00. The fourth-order valence-corrected chi connectivity index (χ4v) is 3.10. The van der Waals surface area contributed by atoms with Gasteiger partial charge >= 0.3 is 5.97 Å². The number of nitrogens with zero attached hydrogens (tertiary/aromatic N) is 2. The number of carboxylic acids is 1. The van der Waals surface area contributed by atoms with Crippen LogP contribution >= 0.6 is 11.6 Å². The van der Waals surface area contributed by atoms with Gasteiger partial charge in [-0.1, -0.05) is 30.7 Å². The Hall–Kier alpha value is -1.10. The summed E-state index contributed by atoms with van der Waals surface area (Å²) in [5.41, 5.74) is 1.25. The molecule has 1 aromatic carbocycles. The van der Waals surface area contributed by atoms with Crippen LogP contribution in [0.2, 0.25) is 5.02 Å². The molecule has 5 heteroatoms. The van der Waals surface area contributed by atoms with Gasteiger partial charge in [0.05, 0.1) is 0 Å². The van der Waals surface area contributed by atoms with Crippen LogP contribution in [0.15, 0.2) is 24.3 Å². The van der Waals surface area contributed by atoms with Crippen molar-refractivity contribution in [1.29, 1.82) is 0 Å². The molecule has 0 aromatic heterocycles. The zero-order chi connectivity index (χ0) is 15.4. The summed E-state index contributed by atoms with van der Waals surface area (Å²) in [4.78, 5) is 15.7. The minimum absolute atomic E-state index is 0.328. The molecule has 116 valence electrons. The van der Waals surface area contributed by atoms with Gasteiger partial charge in [-0.2, -0.15) is 0 Å². The quantitative estimate of drug-likeness (QED) is 0.908. The summed E-state index contributed by atoms with van der Waals surface area (Å²) < 4.78 is 0. The topological polar surface area (TPSA) is 43.8 Å². The van der Waals surface area contributed by atoms with E-state index in [1.807, 2.05) is 19.1 Å². The lowest BCUT2D eigenvalue weighted by molar-refractivity contribution is -0.144. The van der Waals surface area contributed by atoms with Gasteiger partial charge in [0.2, 0.25) is 0 Å². The van der Waals surface area contributed by atoms with Gasteiger partial charge in [0.25, 0.3) is 0 Å².